The van der Waals surface area contributed by atoms with E-state index in [4.69, 9.17) is 16.3 Å². The van der Waals surface area contributed by atoms with Gasteiger partial charge in [0, 0.05) is 0 Å². The average Bonchev–Trinajstić information content (AvgIpc) is 2.59. The fraction of sp³-hybridized carbons (Fsp3) is 0.235. The van der Waals surface area contributed by atoms with Crippen LogP contribution in [0.25, 0.3) is 0 Å². The predicted molar refractivity (Wildman–Crippen MR) is 89.8 cm³/mol. The fourth-order valence-corrected chi connectivity index (χ4v) is 2.21. The lowest BCUT2D eigenvalue weighted by Gasteiger charge is -2.17. The van der Waals surface area contributed by atoms with E-state index in [-0.39, 0.29) is 12.6 Å². The van der Waals surface area contributed by atoms with E-state index in [2.05, 4.69) is 10.6 Å². The van der Waals surface area contributed by atoms with E-state index in [1.165, 1.54) is 0 Å². The van der Waals surface area contributed by atoms with Crippen LogP contribution >= 0.6 is 11.6 Å². The first-order valence-corrected chi connectivity index (χ1v) is 7.66. The zero-order valence-electron chi connectivity index (χ0n) is 12.5. The number of hydrogen-bond donors (Lipinski definition) is 3. The zero-order chi connectivity index (χ0) is 16.5. The van der Waals surface area contributed by atoms with Crippen molar-refractivity contribution in [2.75, 3.05) is 19.8 Å². The zero-order valence-corrected chi connectivity index (χ0v) is 13.3. The highest BCUT2D eigenvalue weighted by Crippen LogP contribution is 2.22. The number of benzene rings is 2. The van der Waals surface area contributed by atoms with Gasteiger partial charge < -0.3 is 20.5 Å². The van der Waals surface area contributed by atoms with Gasteiger partial charge in [-0.1, -0.05) is 54.1 Å². The normalized spacial score (nSPS) is 11.6. The van der Waals surface area contributed by atoms with Crippen molar-refractivity contribution in [1.29, 1.82) is 0 Å². The molecule has 0 saturated carbocycles. The molecule has 0 fully saturated rings. The van der Waals surface area contributed by atoms with Crippen molar-refractivity contribution in [2.24, 2.45) is 0 Å². The summed E-state index contributed by atoms with van der Waals surface area (Å²) < 4.78 is 5.48. The molecule has 0 aliphatic carbocycles. The minimum atomic E-state index is -0.444. The molecule has 5 nitrogen and oxygen atoms in total. The van der Waals surface area contributed by atoms with Gasteiger partial charge in [0.05, 0.1) is 24.2 Å². The Balaban J connectivity index is 1.73. The van der Waals surface area contributed by atoms with E-state index in [9.17, 15) is 9.90 Å². The number of amides is 2. The molecule has 2 amide bonds. The van der Waals surface area contributed by atoms with Gasteiger partial charge in [0.25, 0.3) is 0 Å². The topological polar surface area (TPSA) is 70.6 Å². The van der Waals surface area contributed by atoms with Crippen LogP contribution in [0.15, 0.2) is 54.6 Å². The summed E-state index contributed by atoms with van der Waals surface area (Å²) in [5.74, 6) is 0.578. The molecule has 0 bridgehead atoms. The molecule has 0 heterocycles. The van der Waals surface area contributed by atoms with Gasteiger partial charge in [-0.2, -0.15) is 0 Å². The average molecular weight is 335 g/mol. The van der Waals surface area contributed by atoms with Gasteiger partial charge in [-0.05, 0) is 17.7 Å². The minimum Gasteiger partial charge on any atom is -0.490 e. The Morgan fingerprint density at radius 2 is 1.83 bits per heavy atom. The Hall–Kier alpha value is -2.24. The van der Waals surface area contributed by atoms with Gasteiger partial charge in [-0.3, -0.25) is 0 Å². The molecule has 122 valence electrons. The summed E-state index contributed by atoms with van der Waals surface area (Å²) in [6.07, 6.45) is 0. The van der Waals surface area contributed by atoms with Gasteiger partial charge in [-0.15, -0.1) is 0 Å². The number of aliphatic hydroxyl groups excluding tert-OH is 1. The Morgan fingerprint density at radius 1 is 1.13 bits per heavy atom. The first kappa shape index (κ1) is 17.1. The number of urea groups is 1. The summed E-state index contributed by atoms with van der Waals surface area (Å²) in [6, 6.07) is 15.6. The molecule has 6 heteroatoms. The first-order valence-electron chi connectivity index (χ1n) is 7.28. The first-order chi connectivity index (χ1) is 11.2. The number of carbonyl (C=O) groups is 1. The number of hydrogen-bond acceptors (Lipinski definition) is 3. The summed E-state index contributed by atoms with van der Waals surface area (Å²) in [4.78, 5) is 11.8. The number of aliphatic hydroxyl groups is 1. The van der Waals surface area contributed by atoms with Crippen LogP contribution < -0.4 is 15.4 Å². The molecule has 2 rings (SSSR count). The standard InChI is InChI=1S/C17H19ClN2O3/c18-14-8-4-5-9-16(14)23-11-10-19-17(22)20-15(12-21)13-6-2-1-3-7-13/h1-9,15,21H,10-12H2,(H2,19,20,22). The second kappa shape index (κ2) is 9.02. The summed E-state index contributed by atoms with van der Waals surface area (Å²) in [6.45, 7) is 0.448. The third-order valence-corrected chi connectivity index (χ3v) is 3.48. The van der Waals surface area contributed by atoms with E-state index >= 15 is 0 Å². The van der Waals surface area contributed by atoms with Gasteiger partial charge in [0.2, 0.25) is 0 Å². The number of rotatable bonds is 7. The smallest absolute Gasteiger partial charge is 0.315 e. The van der Waals surface area contributed by atoms with Crippen molar-refractivity contribution in [1.82, 2.24) is 10.6 Å². The van der Waals surface area contributed by atoms with E-state index < -0.39 is 6.04 Å². The summed E-state index contributed by atoms with van der Waals surface area (Å²) in [7, 11) is 0. The Morgan fingerprint density at radius 3 is 2.52 bits per heavy atom. The Labute approximate surface area is 140 Å². The number of carbonyl (C=O) groups excluding carboxylic acids is 1. The quantitative estimate of drug-likeness (QED) is 0.682. The van der Waals surface area contributed by atoms with E-state index in [0.29, 0.717) is 23.9 Å². The van der Waals surface area contributed by atoms with Crippen molar-refractivity contribution in [2.45, 2.75) is 6.04 Å². The minimum absolute atomic E-state index is 0.173. The van der Waals surface area contributed by atoms with Crippen LogP contribution in [0.3, 0.4) is 0 Å². The predicted octanol–water partition coefficient (Wildman–Crippen LogP) is 2.75. The van der Waals surface area contributed by atoms with Crippen molar-refractivity contribution < 1.29 is 14.6 Å². The highest BCUT2D eigenvalue weighted by atomic mass is 35.5. The molecule has 0 aliphatic heterocycles. The molecule has 2 aromatic rings. The second-order valence-electron chi connectivity index (χ2n) is 4.82. The maximum Gasteiger partial charge on any atom is 0.315 e. The van der Waals surface area contributed by atoms with E-state index in [1.807, 2.05) is 42.5 Å². The van der Waals surface area contributed by atoms with Crippen LogP contribution in [0, 0.1) is 0 Å². The molecule has 0 aliphatic rings. The molecule has 1 atom stereocenters. The van der Waals surface area contributed by atoms with Gasteiger partial charge >= 0.3 is 6.03 Å². The lowest BCUT2D eigenvalue weighted by Crippen LogP contribution is -2.40. The molecular formula is C17H19ClN2O3. The fourth-order valence-electron chi connectivity index (χ4n) is 2.02. The molecule has 2 aromatic carbocycles. The number of nitrogens with one attached hydrogen (secondary N) is 2. The van der Waals surface area contributed by atoms with Crippen LogP contribution in [0.2, 0.25) is 5.02 Å². The highest BCUT2D eigenvalue weighted by Gasteiger charge is 2.12. The van der Waals surface area contributed by atoms with Crippen molar-refractivity contribution in [3.63, 3.8) is 0 Å². The highest BCUT2D eigenvalue weighted by molar-refractivity contribution is 6.32. The van der Waals surface area contributed by atoms with Crippen LogP contribution in [0.4, 0.5) is 4.79 Å². The molecule has 23 heavy (non-hydrogen) atoms. The summed E-state index contributed by atoms with van der Waals surface area (Å²) in [5.41, 5.74) is 0.845. The SMILES string of the molecule is O=C(NCCOc1ccccc1Cl)NC(CO)c1ccccc1. The van der Waals surface area contributed by atoms with Crippen molar-refractivity contribution >= 4 is 17.6 Å². The summed E-state index contributed by atoms with van der Waals surface area (Å²) >= 11 is 5.97. The van der Waals surface area contributed by atoms with Gasteiger partial charge in [0.15, 0.2) is 0 Å². The van der Waals surface area contributed by atoms with Crippen molar-refractivity contribution in [3.8, 4) is 5.75 Å². The molecule has 0 aromatic heterocycles. The lowest BCUT2D eigenvalue weighted by atomic mass is 10.1. The lowest BCUT2D eigenvalue weighted by molar-refractivity contribution is 0.214. The number of ether oxygens (including phenoxy) is 1. The van der Waals surface area contributed by atoms with E-state index in [1.54, 1.807) is 12.1 Å². The third kappa shape index (κ3) is 5.47. The second-order valence-corrected chi connectivity index (χ2v) is 5.23. The van der Waals surface area contributed by atoms with Gasteiger partial charge in [0.1, 0.15) is 12.4 Å². The molecule has 0 spiro atoms. The number of halogens is 1. The summed E-state index contributed by atoms with van der Waals surface area (Å²) in [5, 5.41) is 15.3. The molecule has 1 unspecified atom stereocenters. The molecule has 0 saturated heterocycles. The van der Waals surface area contributed by atoms with E-state index in [0.717, 1.165) is 5.56 Å². The van der Waals surface area contributed by atoms with Crippen LogP contribution in [0.1, 0.15) is 11.6 Å². The maximum atomic E-state index is 11.8. The Bertz CT molecular complexity index is 622. The van der Waals surface area contributed by atoms with Crippen LogP contribution in [-0.2, 0) is 0 Å². The number of para-hydroxylation sites is 1. The molecular weight excluding hydrogens is 316 g/mol. The molecule has 0 radical (unpaired) electrons. The monoisotopic (exact) mass is 334 g/mol. The van der Waals surface area contributed by atoms with Crippen LogP contribution in [0.5, 0.6) is 5.75 Å². The molecule has 3 N–H and O–H groups in total. The largest absolute Gasteiger partial charge is 0.490 e. The third-order valence-electron chi connectivity index (χ3n) is 3.17. The maximum absolute atomic E-state index is 11.8. The Kier molecular flexibility index (Phi) is 6.72. The van der Waals surface area contributed by atoms with Gasteiger partial charge in [-0.25, -0.2) is 4.79 Å². The van der Waals surface area contributed by atoms with Crippen LogP contribution in [-0.4, -0.2) is 30.9 Å². The van der Waals surface area contributed by atoms with Crippen molar-refractivity contribution in [3.05, 3.63) is 65.2 Å².